The van der Waals surface area contributed by atoms with Gasteiger partial charge in [-0.25, -0.2) is 4.79 Å². The lowest BCUT2D eigenvalue weighted by atomic mass is 9.89. The Morgan fingerprint density at radius 1 is 0.667 bits per heavy atom. The molecule has 0 aliphatic carbocycles. The number of unbranched alkanes of at least 4 members (excludes halogenated alkanes) is 12. The fourth-order valence-corrected chi connectivity index (χ4v) is 5.38. The first-order chi connectivity index (χ1) is 20.6. The molecule has 0 aromatic heterocycles. The van der Waals surface area contributed by atoms with Crippen LogP contribution in [0, 0.1) is 0 Å². The van der Waals surface area contributed by atoms with Crippen LogP contribution in [0.15, 0.2) is 59.4 Å². The standard InChI is InChI=1S/C37H55NO4/c1-3-5-7-8-9-10-11-12-13-14-15-19-30-42-37(41)33-25-27-34(35(39)28-26-33)36(40)38-29-20-24-31(21-6-4-2)32-22-17-16-18-23-32/h16-18,22-23,25-28,31H,3-15,19-21,24,29-30H2,1-2H3,(H,38,40). The molecule has 5 nitrogen and oxygen atoms in total. The van der Waals surface area contributed by atoms with Gasteiger partial charge < -0.3 is 10.1 Å². The van der Waals surface area contributed by atoms with Crippen molar-refractivity contribution in [1.82, 2.24) is 5.32 Å². The van der Waals surface area contributed by atoms with Crippen molar-refractivity contribution in [3.63, 3.8) is 0 Å². The summed E-state index contributed by atoms with van der Waals surface area (Å²) in [4.78, 5) is 37.8. The van der Waals surface area contributed by atoms with Crippen LogP contribution >= 0.6 is 0 Å². The van der Waals surface area contributed by atoms with Gasteiger partial charge in [-0.15, -0.1) is 0 Å². The summed E-state index contributed by atoms with van der Waals surface area (Å²) in [6, 6.07) is 16.2. The molecule has 2 aromatic rings. The molecule has 0 aliphatic rings. The molecule has 232 valence electrons. The summed E-state index contributed by atoms with van der Waals surface area (Å²) in [5, 5.41) is 2.89. The Morgan fingerprint density at radius 3 is 1.88 bits per heavy atom. The van der Waals surface area contributed by atoms with Gasteiger partial charge in [0.2, 0.25) is 0 Å². The second kappa shape index (κ2) is 22.6. The molecule has 0 radical (unpaired) electrons. The number of benzene rings is 1. The molecule has 0 saturated carbocycles. The van der Waals surface area contributed by atoms with E-state index < -0.39 is 17.3 Å². The second-order valence-corrected chi connectivity index (χ2v) is 11.6. The minimum absolute atomic E-state index is 0.0422. The minimum atomic E-state index is -0.459. The maximum absolute atomic E-state index is 12.8. The van der Waals surface area contributed by atoms with E-state index in [1.807, 2.05) is 6.07 Å². The van der Waals surface area contributed by atoms with Crippen molar-refractivity contribution in [2.75, 3.05) is 13.2 Å². The van der Waals surface area contributed by atoms with Gasteiger partial charge in [-0.3, -0.25) is 9.59 Å². The highest BCUT2D eigenvalue weighted by atomic mass is 16.5. The van der Waals surface area contributed by atoms with E-state index in [2.05, 4.69) is 43.4 Å². The number of carbonyl (C=O) groups excluding carboxylic acids is 2. The Bertz CT molecular complexity index is 1070. The zero-order valence-electron chi connectivity index (χ0n) is 26.3. The molecule has 5 heteroatoms. The topological polar surface area (TPSA) is 72.5 Å². The van der Waals surface area contributed by atoms with Crippen LogP contribution < -0.4 is 10.7 Å². The predicted octanol–water partition coefficient (Wildman–Crippen LogP) is 9.39. The molecule has 42 heavy (non-hydrogen) atoms. The number of carbonyl (C=O) groups is 2. The molecule has 1 amide bonds. The lowest BCUT2D eigenvalue weighted by molar-refractivity contribution is 0.0497. The van der Waals surface area contributed by atoms with Crippen molar-refractivity contribution in [2.45, 2.75) is 129 Å². The quantitative estimate of drug-likeness (QED) is 0.105. The lowest BCUT2D eigenvalue weighted by Crippen LogP contribution is -2.28. The van der Waals surface area contributed by atoms with Gasteiger partial charge in [-0.2, -0.15) is 0 Å². The average molecular weight is 578 g/mol. The Morgan fingerprint density at radius 2 is 1.24 bits per heavy atom. The third-order valence-corrected chi connectivity index (χ3v) is 8.01. The molecule has 1 N–H and O–H groups in total. The Labute approximate surface area is 254 Å². The fourth-order valence-electron chi connectivity index (χ4n) is 5.38. The normalized spacial score (nSPS) is 11.7. The highest BCUT2D eigenvalue weighted by Crippen LogP contribution is 2.26. The maximum atomic E-state index is 12.8. The molecule has 0 spiro atoms. The highest BCUT2D eigenvalue weighted by molar-refractivity contribution is 5.95. The van der Waals surface area contributed by atoms with Crippen molar-refractivity contribution < 1.29 is 14.3 Å². The molecular formula is C37H55NO4. The monoisotopic (exact) mass is 577 g/mol. The number of rotatable bonds is 23. The first-order valence-electron chi connectivity index (χ1n) is 16.7. The number of ether oxygens (including phenoxy) is 1. The van der Waals surface area contributed by atoms with E-state index in [-0.39, 0.29) is 11.1 Å². The number of amides is 1. The Hall–Kier alpha value is -2.95. The van der Waals surface area contributed by atoms with Crippen molar-refractivity contribution in [1.29, 1.82) is 0 Å². The zero-order chi connectivity index (χ0) is 30.3. The summed E-state index contributed by atoms with van der Waals surface area (Å²) in [7, 11) is 0. The van der Waals surface area contributed by atoms with Crippen LogP contribution in [0.2, 0.25) is 0 Å². The molecular weight excluding hydrogens is 522 g/mol. The SMILES string of the molecule is CCCCCCCCCCCCCCOC(=O)c1ccc(C(=O)NCCCC(CCCC)c2ccccc2)c(=O)cc1. The summed E-state index contributed by atoms with van der Waals surface area (Å²) < 4.78 is 5.43. The molecule has 2 rings (SSSR count). The van der Waals surface area contributed by atoms with Crippen molar-refractivity contribution in [3.8, 4) is 0 Å². The summed E-state index contributed by atoms with van der Waals surface area (Å²) in [6.07, 6.45) is 20.3. The fraction of sp³-hybridized carbons (Fsp3) is 0.595. The minimum Gasteiger partial charge on any atom is -0.462 e. The molecule has 0 aliphatic heterocycles. The van der Waals surface area contributed by atoms with E-state index in [9.17, 15) is 14.4 Å². The molecule has 0 bridgehead atoms. The third kappa shape index (κ3) is 14.8. The van der Waals surface area contributed by atoms with Gasteiger partial charge in [-0.05, 0) is 61.4 Å². The van der Waals surface area contributed by atoms with E-state index in [1.54, 1.807) is 0 Å². The number of hydrogen-bond donors (Lipinski definition) is 1. The summed E-state index contributed by atoms with van der Waals surface area (Å²) in [5.74, 6) is -0.396. The van der Waals surface area contributed by atoms with Gasteiger partial charge in [0.1, 0.15) is 0 Å². The summed E-state index contributed by atoms with van der Waals surface area (Å²) in [6.45, 7) is 5.32. The lowest BCUT2D eigenvalue weighted by Gasteiger charge is -2.17. The maximum Gasteiger partial charge on any atom is 0.338 e. The third-order valence-electron chi connectivity index (χ3n) is 8.01. The van der Waals surface area contributed by atoms with E-state index in [0.29, 0.717) is 19.1 Å². The molecule has 0 fully saturated rings. The number of nitrogens with one attached hydrogen (secondary N) is 1. The number of hydrogen-bond acceptors (Lipinski definition) is 4. The van der Waals surface area contributed by atoms with Gasteiger partial charge >= 0.3 is 5.97 Å². The predicted molar refractivity (Wildman–Crippen MR) is 174 cm³/mol. The molecule has 1 unspecified atom stereocenters. The van der Waals surface area contributed by atoms with Crippen LogP contribution in [0.25, 0.3) is 0 Å². The van der Waals surface area contributed by atoms with Gasteiger partial charge in [0.05, 0.1) is 17.7 Å². The smallest absolute Gasteiger partial charge is 0.338 e. The van der Waals surface area contributed by atoms with Gasteiger partial charge in [0.25, 0.3) is 5.91 Å². The van der Waals surface area contributed by atoms with Crippen LogP contribution in [0.3, 0.4) is 0 Å². The van der Waals surface area contributed by atoms with Crippen LogP contribution in [0.1, 0.15) is 155 Å². The Balaban J connectivity index is 1.67. The van der Waals surface area contributed by atoms with Crippen molar-refractivity contribution >= 4 is 11.9 Å². The van der Waals surface area contributed by atoms with Gasteiger partial charge in [0.15, 0.2) is 5.43 Å². The van der Waals surface area contributed by atoms with Crippen LogP contribution in [-0.2, 0) is 4.74 Å². The summed E-state index contributed by atoms with van der Waals surface area (Å²) in [5.41, 5.74) is 1.26. The second-order valence-electron chi connectivity index (χ2n) is 11.6. The summed E-state index contributed by atoms with van der Waals surface area (Å²) >= 11 is 0. The van der Waals surface area contributed by atoms with E-state index >= 15 is 0 Å². The first-order valence-corrected chi connectivity index (χ1v) is 16.7. The zero-order valence-corrected chi connectivity index (χ0v) is 26.3. The molecule has 0 saturated heterocycles. The Kier molecular flexibility index (Phi) is 19.0. The van der Waals surface area contributed by atoms with Gasteiger partial charge in [0, 0.05) is 6.54 Å². The van der Waals surface area contributed by atoms with Crippen molar-refractivity contribution in [2.24, 2.45) is 0 Å². The van der Waals surface area contributed by atoms with Crippen LogP contribution in [0.5, 0.6) is 0 Å². The molecule has 1 atom stereocenters. The molecule has 2 aromatic carbocycles. The van der Waals surface area contributed by atoms with E-state index in [1.165, 1.54) is 94.0 Å². The molecule has 0 heterocycles. The average Bonchev–Trinajstić information content (AvgIpc) is 3.20. The van der Waals surface area contributed by atoms with Crippen molar-refractivity contribution in [3.05, 3.63) is 81.5 Å². The van der Waals surface area contributed by atoms with Crippen LogP contribution in [-0.4, -0.2) is 25.0 Å². The number of esters is 1. The van der Waals surface area contributed by atoms with E-state index in [4.69, 9.17) is 4.74 Å². The van der Waals surface area contributed by atoms with Crippen LogP contribution in [0.4, 0.5) is 0 Å². The highest BCUT2D eigenvalue weighted by Gasteiger charge is 2.13. The largest absolute Gasteiger partial charge is 0.462 e. The van der Waals surface area contributed by atoms with E-state index in [0.717, 1.165) is 44.9 Å². The first kappa shape index (κ1) is 35.2. The van der Waals surface area contributed by atoms with Gasteiger partial charge in [-0.1, -0.05) is 128 Å².